The normalized spacial score (nSPS) is 14.5. The molecule has 1 aromatic heterocycles. The van der Waals surface area contributed by atoms with Crippen LogP contribution in [0.5, 0.6) is 5.75 Å². The maximum Gasteiger partial charge on any atom is 0.258 e. The predicted octanol–water partition coefficient (Wildman–Crippen LogP) is 1.93. The Bertz CT molecular complexity index is 1280. The molecule has 37 heavy (non-hydrogen) atoms. The van der Waals surface area contributed by atoms with Crippen molar-refractivity contribution in [3.63, 3.8) is 0 Å². The van der Waals surface area contributed by atoms with Gasteiger partial charge in [-0.25, -0.2) is 0 Å². The Hall–Kier alpha value is -3.78. The van der Waals surface area contributed by atoms with E-state index < -0.39 is 6.10 Å². The summed E-state index contributed by atoms with van der Waals surface area (Å²) in [6.07, 6.45) is 0.578. The van der Waals surface area contributed by atoms with Gasteiger partial charge in [0.25, 0.3) is 5.89 Å². The minimum atomic E-state index is -0.951. The second-order valence-corrected chi connectivity index (χ2v) is 9.31. The van der Waals surface area contributed by atoms with Crippen molar-refractivity contribution in [2.75, 3.05) is 32.8 Å². The molecule has 0 saturated heterocycles. The molecule has 2 heterocycles. The van der Waals surface area contributed by atoms with Crippen molar-refractivity contribution in [2.24, 2.45) is 0 Å². The van der Waals surface area contributed by atoms with E-state index in [1.807, 2.05) is 19.9 Å². The fourth-order valence-corrected chi connectivity index (χ4v) is 4.19. The van der Waals surface area contributed by atoms with Crippen LogP contribution in [0.25, 0.3) is 22.8 Å². The molecule has 0 radical (unpaired) electrons. The molecule has 3 aromatic rings. The molecule has 10 nitrogen and oxygen atoms in total. The Kier molecular flexibility index (Phi) is 8.50. The molecule has 1 atom stereocenters. The van der Waals surface area contributed by atoms with Crippen molar-refractivity contribution in [1.29, 1.82) is 5.26 Å². The van der Waals surface area contributed by atoms with Gasteiger partial charge in [-0.05, 0) is 62.1 Å². The number of carbonyl (C=O) groups is 1. The quantitative estimate of drug-likeness (QED) is 0.397. The summed E-state index contributed by atoms with van der Waals surface area (Å²) < 4.78 is 11.2. The summed E-state index contributed by atoms with van der Waals surface area (Å²) in [6, 6.07) is 13.5. The largest absolute Gasteiger partial charge is 0.490 e. The van der Waals surface area contributed by atoms with Crippen molar-refractivity contribution in [3.05, 3.63) is 53.1 Å². The molecule has 2 aromatic carbocycles. The number of ether oxygens (including phenoxy) is 1. The number of rotatable bonds is 9. The Morgan fingerprint density at radius 1 is 1.19 bits per heavy atom. The van der Waals surface area contributed by atoms with Gasteiger partial charge >= 0.3 is 0 Å². The van der Waals surface area contributed by atoms with Crippen LogP contribution in [0.15, 0.2) is 40.9 Å². The van der Waals surface area contributed by atoms with Crippen LogP contribution in [0.1, 0.15) is 30.5 Å². The van der Waals surface area contributed by atoms with Crippen LogP contribution >= 0.6 is 0 Å². The Morgan fingerprint density at radius 3 is 2.68 bits per heavy atom. The number of nitriles is 1. The van der Waals surface area contributed by atoms with Gasteiger partial charge in [-0.15, -0.1) is 0 Å². The molecule has 0 bridgehead atoms. The summed E-state index contributed by atoms with van der Waals surface area (Å²) in [5, 5.41) is 34.6. The Morgan fingerprint density at radius 2 is 1.95 bits per heavy atom. The number of carbonyl (C=O) groups excluding carboxylic acids is 1. The summed E-state index contributed by atoms with van der Waals surface area (Å²) in [5.74, 6) is 1.12. The van der Waals surface area contributed by atoms with Gasteiger partial charge in [-0.1, -0.05) is 17.3 Å². The third-order valence-corrected chi connectivity index (χ3v) is 6.11. The van der Waals surface area contributed by atoms with Crippen molar-refractivity contribution in [1.82, 2.24) is 20.4 Å². The third-order valence-electron chi connectivity index (χ3n) is 6.11. The molecule has 194 valence electrons. The van der Waals surface area contributed by atoms with Crippen LogP contribution in [0.3, 0.4) is 0 Å². The van der Waals surface area contributed by atoms with Gasteiger partial charge in [0.2, 0.25) is 11.7 Å². The summed E-state index contributed by atoms with van der Waals surface area (Å²) in [6.45, 7) is 5.15. The van der Waals surface area contributed by atoms with E-state index in [1.54, 1.807) is 18.2 Å². The number of aromatic nitrogens is 2. The van der Waals surface area contributed by atoms with E-state index >= 15 is 0 Å². The molecule has 3 N–H and O–H groups in total. The van der Waals surface area contributed by atoms with Gasteiger partial charge in [0, 0.05) is 30.8 Å². The zero-order valence-electron chi connectivity index (χ0n) is 21.0. The first-order valence-corrected chi connectivity index (χ1v) is 12.3. The molecule has 0 unspecified atom stereocenters. The van der Waals surface area contributed by atoms with E-state index in [4.69, 9.17) is 14.4 Å². The first kappa shape index (κ1) is 26.3. The van der Waals surface area contributed by atoms with Gasteiger partial charge < -0.3 is 24.8 Å². The number of benzene rings is 2. The van der Waals surface area contributed by atoms with Crippen LogP contribution in [-0.4, -0.2) is 76.2 Å². The SMILES string of the molecule is CC(C)Oc1ccc(-c2nc(-c3ccc4c(c3)CCN(CC(=O)NC[C@H](O)CO)CC4)no2)cc1C#N. The molecule has 0 fully saturated rings. The number of hydrogen-bond donors (Lipinski definition) is 3. The number of nitrogens with one attached hydrogen (secondary N) is 1. The van der Waals surface area contributed by atoms with Crippen LogP contribution in [0, 0.1) is 11.3 Å². The van der Waals surface area contributed by atoms with E-state index in [0.29, 0.717) is 35.1 Å². The summed E-state index contributed by atoms with van der Waals surface area (Å²) in [4.78, 5) is 18.8. The Labute approximate surface area is 215 Å². The second-order valence-electron chi connectivity index (χ2n) is 9.31. The van der Waals surface area contributed by atoms with E-state index in [-0.39, 0.29) is 31.7 Å². The van der Waals surface area contributed by atoms with Gasteiger partial charge in [0.05, 0.1) is 30.9 Å². The standard InChI is InChI=1S/C27H31N5O5/c1-17(2)36-24-6-5-21(12-22(24)13-28)27-30-26(31-37-27)20-4-3-18-7-9-32(10-8-19(18)11-20)15-25(35)29-14-23(34)16-33/h3-6,11-12,17,23,33-34H,7-10,14-16H2,1-2H3,(H,29,35)/t23-/m0/s1. The first-order chi connectivity index (χ1) is 17.9. The lowest BCUT2D eigenvalue weighted by Crippen LogP contribution is -2.41. The highest BCUT2D eigenvalue weighted by atomic mass is 16.5. The Balaban J connectivity index is 1.43. The zero-order chi connectivity index (χ0) is 26.4. The minimum Gasteiger partial charge on any atom is -0.490 e. The predicted molar refractivity (Wildman–Crippen MR) is 136 cm³/mol. The molecule has 1 amide bonds. The molecular formula is C27H31N5O5. The van der Waals surface area contributed by atoms with Gasteiger partial charge in [0.1, 0.15) is 11.8 Å². The second kappa shape index (κ2) is 12.0. The van der Waals surface area contributed by atoms with Gasteiger partial charge in [-0.2, -0.15) is 10.2 Å². The minimum absolute atomic E-state index is 0.0349. The highest BCUT2D eigenvalue weighted by molar-refractivity contribution is 5.78. The summed E-state index contributed by atoms with van der Waals surface area (Å²) in [7, 11) is 0. The molecule has 0 aliphatic carbocycles. The number of aliphatic hydroxyl groups is 2. The molecule has 0 saturated carbocycles. The van der Waals surface area contributed by atoms with Crippen molar-refractivity contribution < 1.29 is 24.3 Å². The van der Waals surface area contributed by atoms with Gasteiger partial charge in [0.15, 0.2) is 0 Å². The maximum absolute atomic E-state index is 12.2. The van der Waals surface area contributed by atoms with Crippen LogP contribution in [-0.2, 0) is 17.6 Å². The number of aliphatic hydroxyl groups excluding tert-OH is 2. The van der Waals surface area contributed by atoms with E-state index in [1.165, 1.54) is 11.1 Å². The lowest BCUT2D eigenvalue weighted by atomic mass is 10.00. The van der Waals surface area contributed by atoms with Gasteiger partial charge in [-0.3, -0.25) is 9.69 Å². The third kappa shape index (κ3) is 6.71. The molecular weight excluding hydrogens is 474 g/mol. The fourth-order valence-electron chi connectivity index (χ4n) is 4.19. The molecule has 1 aliphatic heterocycles. The van der Waals surface area contributed by atoms with Crippen LogP contribution < -0.4 is 10.1 Å². The number of hydrogen-bond acceptors (Lipinski definition) is 9. The molecule has 0 spiro atoms. The van der Waals surface area contributed by atoms with E-state index in [0.717, 1.165) is 24.9 Å². The average molecular weight is 506 g/mol. The van der Waals surface area contributed by atoms with E-state index in [9.17, 15) is 15.2 Å². The smallest absolute Gasteiger partial charge is 0.258 e. The molecule has 1 aliphatic rings. The lowest BCUT2D eigenvalue weighted by Gasteiger charge is -2.19. The molecule has 4 rings (SSSR count). The van der Waals surface area contributed by atoms with Crippen molar-refractivity contribution in [2.45, 2.75) is 38.9 Å². The van der Waals surface area contributed by atoms with E-state index in [2.05, 4.69) is 38.6 Å². The highest BCUT2D eigenvalue weighted by Gasteiger charge is 2.19. The number of fused-ring (bicyclic) bond motifs is 1. The summed E-state index contributed by atoms with van der Waals surface area (Å²) in [5.41, 5.74) is 4.26. The topological polar surface area (TPSA) is 145 Å². The van der Waals surface area contributed by atoms with Crippen LogP contribution in [0.2, 0.25) is 0 Å². The first-order valence-electron chi connectivity index (χ1n) is 12.3. The lowest BCUT2D eigenvalue weighted by molar-refractivity contribution is -0.122. The monoisotopic (exact) mass is 505 g/mol. The zero-order valence-corrected chi connectivity index (χ0v) is 21.0. The fraction of sp³-hybridized carbons (Fsp3) is 0.407. The molecule has 10 heteroatoms. The number of amides is 1. The van der Waals surface area contributed by atoms with Crippen molar-refractivity contribution in [3.8, 4) is 34.7 Å². The average Bonchev–Trinajstić information content (AvgIpc) is 3.30. The highest BCUT2D eigenvalue weighted by Crippen LogP contribution is 2.29. The summed E-state index contributed by atoms with van der Waals surface area (Å²) >= 11 is 0. The number of nitrogens with zero attached hydrogens (tertiary/aromatic N) is 4. The maximum atomic E-state index is 12.2. The van der Waals surface area contributed by atoms with Crippen LogP contribution in [0.4, 0.5) is 0 Å². The van der Waals surface area contributed by atoms with Crippen molar-refractivity contribution >= 4 is 5.91 Å².